The zero-order valence-electron chi connectivity index (χ0n) is 28.9. The molecular weight excluding hydrogens is 687 g/mol. The first-order valence-electron chi connectivity index (χ1n) is 16.1. The van der Waals surface area contributed by atoms with Crippen molar-refractivity contribution in [3.05, 3.63) is 49.2 Å². The van der Waals surface area contributed by atoms with E-state index in [0.717, 1.165) is 36.6 Å². The third-order valence-electron chi connectivity index (χ3n) is 8.47. The first-order chi connectivity index (χ1) is 23.7. The van der Waals surface area contributed by atoms with E-state index >= 15 is 8.78 Å². The molecule has 0 unspecified atom stereocenters. The van der Waals surface area contributed by atoms with Crippen molar-refractivity contribution in [2.24, 2.45) is 5.41 Å². The van der Waals surface area contributed by atoms with Gasteiger partial charge < -0.3 is 33.9 Å². The molecule has 2 aromatic rings. The number of nitrogens with zero attached hydrogens (tertiary/aromatic N) is 3. The first-order valence-corrected chi connectivity index (χ1v) is 16.1. The average molecular weight is 729 g/mol. The fourth-order valence-electron chi connectivity index (χ4n) is 6.05. The second-order valence-corrected chi connectivity index (χ2v) is 13.6. The molecule has 5 atom stereocenters. The van der Waals surface area contributed by atoms with Crippen LogP contribution < -0.4 is 14.8 Å². The Kier molecular flexibility index (Phi) is 11.5. The summed E-state index contributed by atoms with van der Waals surface area (Å²) in [6, 6.07) is 0.284. The number of allylic oxidation sites excluding steroid dienone is 1. The lowest BCUT2D eigenvalue weighted by Gasteiger charge is -2.35. The zero-order valence-corrected chi connectivity index (χ0v) is 28.9. The van der Waals surface area contributed by atoms with E-state index < -0.39 is 76.8 Å². The lowest BCUT2D eigenvalue weighted by atomic mass is 9.85. The van der Waals surface area contributed by atoms with Crippen LogP contribution in [0.4, 0.5) is 26.7 Å². The molecule has 1 saturated heterocycles. The van der Waals surface area contributed by atoms with Crippen LogP contribution in [0.25, 0.3) is 11.0 Å². The Hall–Kier alpha value is -4.54. The molecule has 2 heterocycles. The molecule has 1 aromatic heterocycles. The summed E-state index contributed by atoms with van der Waals surface area (Å²) in [4.78, 5) is 49.5. The normalized spacial score (nSPS) is 23.0. The van der Waals surface area contributed by atoms with Crippen LogP contribution in [0.2, 0.25) is 0 Å². The zero-order chi connectivity index (χ0) is 37.9. The molecule has 12 nitrogen and oxygen atoms in total. The predicted octanol–water partition coefficient (Wildman–Crippen LogP) is 5.98. The SMILES string of the molecule is C=CCO[C@@H]1CCC[C@H]1OC(=O)N[C@H](C(=O)N1C[C@](C)(Oc2nc3ccc(OC(F)(F)F)cc3nc2C(F)(F)C=C)C[C@H]1C(=O)OC)C(C)(C)C. The Bertz CT molecular complexity index is 1650. The number of hydrogen-bond donors (Lipinski definition) is 1. The largest absolute Gasteiger partial charge is 0.573 e. The van der Waals surface area contributed by atoms with Gasteiger partial charge in [0.2, 0.25) is 11.8 Å². The van der Waals surface area contributed by atoms with Crippen molar-refractivity contribution in [1.82, 2.24) is 20.2 Å². The van der Waals surface area contributed by atoms with Crippen LogP contribution in [0, 0.1) is 5.41 Å². The van der Waals surface area contributed by atoms with Gasteiger partial charge in [-0.25, -0.2) is 19.6 Å². The minimum atomic E-state index is -5.05. The van der Waals surface area contributed by atoms with Crippen LogP contribution in [-0.2, 0) is 29.7 Å². The van der Waals surface area contributed by atoms with Gasteiger partial charge in [0, 0.05) is 12.5 Å². The van der Waals surface area contributed by atoms with E-state index in [4.69, 9.17) is 18.9 Å². The van der Waals surface area contributed by atoms with E-state index in [9.17, 15) is 27.6 Å². The molecule has 51 heavy (non-hydrogen) atoms. The number of hydrogen-bond acceptors (Lipinski definition) is 10. The number of fused-ring (bicyclic) bond motifs is 1. The van der Waals surface area contributed by atoms with Crippen LogP contribution in [-0.4, -0.2) is 89.4 Å². The average Bonchev–Trinajstić information content (AvgIpc) is 3.63. The summed E-state index contributed by atoms with van der Waals surface area (Å²) in [6.07, 6.45) is -3.23. The van der Waals surface area contributed by atoms with Crippen LogP contribution in [0.3, 0.4) is 0 Å². The number of carbonyl (C=O) groups is 3. The highest BCUT2D eigenvalue weighted by Gasteiger charge is 2.52. The van der Waals surface area contributed by atoms with Crippen molar-refractivity contribution in [3.63, 3.8) is 0 Å². The Morgan fingerprint density at radius 2 is 1.76 bits per heavy atom. The molecular formula is C34H41F5N4O8. The third-order valence-corrected chi connectivity index (χ3v) is 8.47. The number of likely N-dealkylation sites (tertiary alicyclic amines) is 1. The summed E-state index contributed by atoms with van der Waals surface area (Å²) < 4.78 is 95.0. The quantitative estimate of drug-likeness (QED) is 0.158. The summed E-state index contributed by atoms with van der Waals surface area (Å²) >= 11 is 0. The van der Waals surface area contributed by atoms with Crippen LogP contribution in [0.5, 0.6) is 11.6 Å². The summed E-state index contributed by atoms with van der Waals surface area (Å²) in [5.74, 6) is -6.83. The van der Waals surface area contributed by atoms with Gasteiger partial charge in [-0.1, -0.05) is 33.4 Å². The Morgan fingerprint density at radius 1 is 1.08 bits per heavy atom. The van der Waals surface area contributed by atoms with Gasteiger partial charge in [-0.05, 0) is 49.8 Å². The summed E-state index contributed by atoms with van der Waals surface area (Å²) in [5, 5.41) is 2.63. The minimum absolute atomic E-state index is 0.114. The van der Waals surface area contributed by atoms with E-state index in [-0.39, 0.29) is 42.8 Å². The number of halogens is 5. The molecule has 17 heteroatoms. The molecule has 1 saturated carbocycles. The summed E-state index contributed by atoms with van der Waals surface area (Å²) in [5.41, 5.74) is -4.03. The van der Waals surface area contributed by atoms with Crippen molar-refractivity contribution in [2.75, 3.05) is 20.3 Å². The number of benzene rings is 1. The van der Waals surface area contributed by atoms with Gasteiger partial charge in [-0.3, -0.25) is 4.79 Å². The van der Waals surface area contributed by atoms with Gasteiger partial charge in [0.05, 0.1) is 37.4 Å². The molecule has 1 N–H and O–H groups in total. The van der Waals surface area contributed by atoms with Crippen molar-refractivity contribution >= 4 is 29.0 Å². The van der Waals surface area contributed by atoms with Crippen molar-refractivity contribution in [3.8, 4) is 11.6 Å². The lowest BCUT2D eigenvalue weighted by molar-refractivity contribution is -0.274. The molecule has 1 aliphatic heterocycles. The summed E-state index contributed by atoms with van der Waals surface area (Å²) in [7, 11) is 1.11. The molecule has 0 radical (unpaired) electrons. The number of esters is 1. The lowest BCUT2D eigenvalue weighted by Crippen LogP contribution is -2.57. The molecule has 0 spiro atoms. The Morgan fingerprint density at radius 3 is 2.37 bits per heavy atom. The molecule has 1 aromatic carbocycles. The number of ether oxygens (including phenoxy) is 5. The Balaban J connectivity index is 1.64. The number of nitrogens with one attached hydrogen (secondary N) is 1. The topological polar surface area (TPSA) is 138 Å². The number of alkyl halides is 5. The highest BCUT2D eigenvalue weighted by Crippen LogP contribution is 2.40. The van der Waals surface area contributed by atoms with Crippen LogP contribution in [0.1, 0.15) is 59.1 Å². The van der Waals surface area contributed by atoms with Gasteiger partial charge in [0.25, 0.3) is 0 Å². The monoisotopic (exact) mass is 728 g/mol. The van der Waals surface area contributed by atoms with E-state index in [1.54, 1.807) is 26.8 Å². The standard InChI is InChI=1S/C34H41F5N4O8/c1-8-15-48-23-11-10-12-24(23)49-30(46)42-26(31(3,4)5)28(44)43-18-32(6,17-22(43)29(45)47-7)51-27-25(33(35,36)9-2)40-21-16-19(50-34(37,38)39)13-14-20(21)41-27/h8-9,13-14,16,22-24,26H,1-2,10-12,15,17-18H2,3-7H3,(H,42,46)/t22-,23+,24+,26+,32+/m0/s1. The minimum Gasteiger partial charge on any atom is -0.468 e. The second kappa shape index (κ2) is 15.0. The molecule has 2 aliphatic rings. The maximum Gasteiger partial charge on any atom is 0.573 e. The maximum absolute atomic E-state index is 15.2. The van der Waals surface area contributed by atoms with Gasteiger partial charge in [0.1, 0.15) is 29.5 Å². The third kappa shape index (κ3) is 9.42. The van der Waals surface area contributed by atoms with Gasteiger partial charge in [0.15, 0.2) is 5.69 Å². The smallest absolute Gasteiger partial charge is 0.468 e. The van der Waals surface area contributed by atoms with Crippen LogP contribution >= 0.6 is 0 Å². The van der Waals surface area contributed by atoms with E-state index in [0.29, 0.717) is 12.8 Å². The molecule has 0 bridgehead atoms. The number of aromatic nitrogens is 2. The Labute approximate surface area is 291 Å². The second-order valence-electron chi connectivity index (χ2n) is 13.6. The molecule has 2 fully saturated rings. The molecule has 280 valence electrons. The van der Waals surface area contributed by atoms with Gasteiger partial charge >= 0.3 is 24.3 Å². The van der Waals surface area contributed by atoms with E-state index in [1.807, 2.05) is 0 Å². The summed E-state index contributed by atoms with van der Waals surface area (Å²) in [6.45, 7) is 13.2. The van der Waals surface area contributed by atoms with Crippen molar-refractivity contribution < 1.29 is 60.0 Å². The fourth-order valence-corrected chi connectivity index (χ4v) is 6.05. The van der Waals surface area contributed by atoms with Crippen LogP contribution in [0.15, 0.2) is 43.5 Å². The maximum atomic E-state index is 15.2. The van der Waals surface area contributed by atoms with Crippen molar-refractivity contribution in [1.29, 1.82) is 0 Å². The van der Waals surface area contributed by atoms with Gasteiger partial charge in [-0.15, -0.1) is 19.8 Å². The molecule has 4 rings (SSSR count). The number of alkyl carbamates (subject to hydrolysis) is 1. The fraction of sp³-hybridized carbons (Fsp3) is 0.559. The number of methoxy groups -OCH3 is 1. The first kappa shape index (κ1) is 39.2. The number of rotatable bonds is 12. The number of carbonyl (C=O) groups excluding carboxylic acids is 3. The van der Waals surface area contributed by atoms with Gasteiger partial charge in [-0.2, -0.15) is 8.78 Å². The molecule has 2 amide bonds. The number of amides is 2. The highest BCUT2D eigenvalue weighted by atomic mass is 19.4. The van der Waals surface area contributed by atoms with E-state index in [1.165, 1.54) is 6.92 Å². The van der Waals surface area contributed by atoms with E-state index in [2.05, 4.69) is 33.2 Å². The van der Waals surface area contributed by atoms with Crippen molar-refractivity contribution in [2.45, 2.75) is 95.6 Å². The molecule has 1 aliphatic carbocycles. The predicted molar refractivity (Wildman–Crippen MR) is 172 cm³/mol. The highest BCUT2D eigenvalue weighted by molar-refractivity contribution is 5.91.